The molecular formula is C27H26F2. The van der Waals surface area contributed by atoms with Crippen molar-refractivity contribution in [3.63, 3.8) is 0 Å². The van der Waals surface area contributed by atoms with Crippen molar-refractivity contribution >= 4 is 12.2 Å². The van der Waals surface area contributed by atoms with E-state index in [1.165, 1.54) is 11.6 Å². The summed E-state index contributed by atoms with van der Waals surface area (Å²) in [5.74, 6) is -0.370. The SMILES string of the molecule is C/C=C/CCc1ccc(C=Cc2ccc(C[C@@H](F)c3ccccc3)c(F)c2)cc1. The second kappa shape index (κ2) is 10.5. The molecule has 148 valence electrons. The smallest absolute Gasteiger partial charge is 0.129 e. The first-order valence-corrected chi connectivity index (χ1v) is 10.0. The van der Waals surface area contributed by atoms with Crippen molar-refractivity contribution in [2.45, 2.75) is 32.4 Å². The van der Waals surface area contributed by atoms with E-state index in [9.17, 15) is 8.78 Å². The van der Waals surface area contributed by atoms with Crippen molar-refractivity contribution < 1.29 is 8.78 Å². The molecule has 0 unspecified atom stereocenters. The highest BCUT2D eigenvalue weighted by Gasteiger charge is 2.13. The van der Waals surface area contributed by atoms with Crippen molar-refractivity contribution in [2.75, 3.05) is 0 Å². The molecule has 0 fully saturated rings. The highest BCUT2D eigenvalue weighted by atomic mass is 19.1. The maximum atomic E-state index is 14.4. The van der Waals surface area contributed by atoms with E-state index < -0.39 is 6.17 Å². The van der Waals surface area contributed by atoms with Crippen LogP contribution in [0.15, 0.2) is 84.9 Å². The van der Waals surface area contributed by atoms with Crippen LogP contribution < -0.4 is 0 Å². The first kappa shape index (κ1) is 20.7. The minimum absolute atomic E-state index is 0.0362. The Morgan fingerprint density at radius 1 is 0.862 bits per heavy atom. The zero-order valence-electron chi connectivity index (χ0n) is 16.7. The van der Waals surface area contributed by atoms with Gasteiger partial charge in [0, 0.05) is 6.42 Å². The van der Waals surface area contributed by atoms with Gasteiger partial charge in [-0.2, -0.15) is 0 Å². The molecule has 0 aliphatic heterocycles. The zero-order chi connectivity index (χ0) is 20.5. The van der Waals surface area contributed by atoms with Gasteiger partial charge < -0.3 is 0 Å². The number of halogens is 2. The Balaban J connectivity index is 1.62. The van der Waals surface area contributed by atoms with Crippen LogP contribution in [0.3, 0.4) is 0 Å². The lowest BCUT2D eigenvalue weighted by Gasteiger charge is -2.10. The third-order valence-electron chi connectivity index (χ3n) is 4.92. The molecule has 0 aromatic heterocycles. The highest BCUT2D eigenvalue weighted by molar-refractivity contribution is 5.69. The highest BCUT2D eigenvalue weighted by Crippen LogP contribution is 2.24. The van der Waals surface area contributed by atoms with Crippen molar-refractivity contribution in [2.24, 2.45) is 0 Å². The van der Waals surface area contributed by atoms with Crippen molar-refractivity contribution in [3.05, 3.63) is 119 Å². The number of aryl methyl sites for hydroxylation is 1. The maximum Gasteiger partial charge on any atom is 0.129 e. The van der Waals surface area contributed by atoms with E-state index in [2.05, 4.69) is 36.4 Å². The van der Waals surface area contributed by atoms with Crippen LogP contribution in [0, 0.1) is 5.82 Å². The molecule has 0 N–H and O–H groups in total. The van der Waals surface area contributed by atoms with Crippen LogP contribution in [0.25, 0.3) is 12.2 Å². The lowest BCUT2D eigenvalue weighted by atomic mass is 10.0. The molecule has 0 aliphatic rings. The summed E-state index contributed by atoms with van der Waals surface area (Å²) in [5.41, 5.74) is 4.10. The summed E-state index contributed by atoms with van der Waals surface area (Å²) in [6.07, 6.45) is 8.97. The van der Waals surface area contributed by atoms with Gasteiger partial charge >= 0.3 is 0 Å². The molecule has 1 atom stereocenters. The molecule has 3 rings (SSSR count). The Hall–Kier alpha value is -3.00. The molecule has 0 heterocycles. The monoisotopic (exact) mass is 388 g/mol. The van der Waals surface area contributed by atoms with Crippen LogP contribution >= 0.6 is 0 Å². The Morgan fingerprint density at radius 3 is 2.24 bits per heavy atom. The fraction of sp³-hybridized carbons (Fsp3) is 0.185. The predicted octanol–water partition coefficient (Wildman–Crippen LogP) is 7.76. The Kier molecular flexibility index (Phi) is 7.52. The van der Waals surface area contributed by atoms with Gasteiger partial charge in [0.2, 0.25) is 0 Å². The molecule has 0 saturated heterocycles. The molecule has 3 aromatic rings. The van der Waals surface area contributed by atoms with Gasteiger partial charge in [0.05, 0.1) is 0 Å². The van der Waals surface area contributed by atoms with Crippen LogP contribution in [0.2, 0.25) is 0 Å². The minimum atomic E-state index is -1.21. The molecule has 3 aromatic carbocycles. The van der Waals surface area contributed by atoms with Crippen LogP contribution in [-0.2, 0) is 12.8 Å². The topological polar surface area (TPSA) is 0 Å². The molecule has 2 heteroatoms. The van der Waals surface area contributed by atoms with E-state index in [1.54, 1.807) is 30.3 Å². The molecule has 29 heavy (non-hydrogen) atoms. The molecule has 0 nitrogen and oxygen atoms in total. The molecular weight excluding hydrogens is 362 g/mol. The standard InChI is InChI=1S/C27H26F2/c1-2-3-5-8-21-11-13-22(14-12-21)15-16-23-17-18-25(26(28)19-23)20-27(29)24-9-6-4-7-10-24/h2-4,6-7,9-19,27H,5,8,20H2,1H3/b3-2+,16-15?/t27-/m1/s1. The van der Waals surface area contributed by atoms with E-state index in [0.29, 0.717) is 11.1 Å². The van der Waals surface area contributed by atoms with Gasteiger partial charge in [-0.05, 0) is 53.6 Å². The van der Waals surface area contributed by atoms with Gasteiger partial charge in [0.15, 0.2) is 0 Å². The van der Waals surface area contributed by atoms with Crippen molar-refractivity contribution in [1.29, 1.82) is 0 Å². The second-order valence-corrected chi connectivity index (χ2v) is 7.12. The van der Waals surface area contributed by atoms with Crippen molar-refractivity contribution in [1.82, 2.24) is 0 Å². The van der Waals surface area contributed by atoms with Gasteiger partial charge in [0.1, 0.15) is 12.0 Å². The first-order valence-electron chi connectivity index (χ1n) is 10.0. The normalized spacial score (nSPS) is 12.7. The third kappa shape index (κ3) is 6.25. The average molecular weight is 389 g/mol. The summed E-state index contributed by atoms with van der Waals surface area (Å²) in [4.78, 5) is 0. The van der Waals surface area contributed by atoms with E-state index in [-0.39, 0.29) is 12.2 Å². The predicted molar refractivity (Wildman–Crippen MR) is 119 cm³/mol. The maximum absolute atomic E-state index is 14.4. The van der Waals surface area contributed by atoms with Gasteiger partial charge in [0.25, 0.3) is 0 Å². The average Bonchev–Trinajstić information content (AvgIpc) is 2.75. The van der Waals surface area contributed by atoms with Crippen LogP contribution in [0.5, 0.6) is 0 Å². The van der Waals surface area contributed by atoms with E-state index in [1.807, 2.05) is 31.2 Å². The van der Waals surface area contributed by atoms with E-state index in [4.69, 9.17) is 0 Å². The summed E-state index contributed by atoms with van der Waals surface area (Å²) >= 11 is 0. The fourth-order valence-corrected chi connectivity index (χ4v) is 3.21. The Labute approximate surface area is 172 Å². The largest absolute Gasteiger partial charge is 0.242 e. The quantitative estimate of drug-likeness (QED) is 0.273. The van der Waals surface area contributed by atoms with Gasteiger partial charge in [-0.25, -0.2) is 8.78 Å². The fourth-order valence-electron chi connectivity index (χ4n) is 3.21. The van der Waals surface area contributed by atoms with Crippen LogP contribution in [0.4, 0.5) is 8.78 Å². The van der Waals surface area contributed by atoms with Crippen LogP contribution in [0.1, 0.15) is 47.3 Å². The number of benzene rings is 3. The number of hydrogen-bond acceptors (Lipinski definition) is 0. The molecule has 0 radical (unpaired) electrons. The molecule has 0 bridgehead atoms. The molecule has 0 amide bonds. The van der Waals surface area contributed by atoms with Crippen molar-refractivity contribution in [3.8, 4) is 0 Å². The van der Waals surface area contributed by atoms with Gasteiger partial charge in [-0.15, -0.1) is 0 Å². The number of hydrogen-bond donors (Lipinski definition) is 0. The number of allylic oxidation sites excluding steroid dienone is 2. The summed E-state index contributed by atoms with van der Waals surface area (Å²) in [6.45, 7) is 2.03. The summed E-state index contributed by atoms with van der Waals surface area (Å²) in [6, 6.07) is 22.2. The van der Waals surface area contributed by atoms with E-state index in [0.717, 1.165) is 24.0 Å². The Morgan fingerprint density at radius 2 is 1.55 bits per heavy atom. The first-order chi connectivity index (χ1) is 14.2. The third-order valence-corrected chi connectivity index (χ3v) is 4.92. The summed E-state index contributed by atoms with van der Waals surface area (Å²) < 4.78 is 28.9. The van der Waals surface area contributed by atoms with Crippen LogP contribution in [-0.4, -0.2) is 0 Å². The molecule has 0 aliphatic carbocycles. The summed E-state index contributed by atoms with van der Waals surface area (Å²) in [5, 5.41) is 0. The summed E-state index contributed by atoms with van der Waals surface area (Å²) in [7, 11) is 0. The van der Waals surface area contributed by atoms with Gasteiger partial charge in [-0.1, -0.05) is 91.0 Å². The zero-order valence-corrected chi connectivity index (χ0v) is 16.7. The number of rotatable bonds is 8. The second-order valence-electron chi connectivity index (χ2n) is 7.12. The molecule has 0 spiro atoms. The van der Waals surface area contributed by atoms with E-state index >= 15 is 0 Å². The lowest BCUT2D eigenvalue weighted by Crippen LogP contribution is -1.99. The lowest BCUT2D eigenvalue weighted by molar-refractivity contribution is 0.338. The number of alkyl halides is 1. The molecule has 0 saturated carbocycles. The Bertz CT molecular complexity index is 954. The minimum Gasteiger partial charge on any atom is -0.242 e. The van der Waals surface area contributed by atoms with Gasteiger partial charge in [-0.3, -0.25) is 0 Å².